The molecule has 5 N–H and O–H groups in total. The number of aromatic nitrogens is 2. The van der Waals surface area contributed by atoms with Crippen LogP contribution in [0.1, 0.15) is 19.8 Å². The van der Waals surface area contributed by atoms with Gasteiger partial charge in [0, 0.05) is 12.1 Å². The van der Waals surface area contributed by atoms with E-state index in [0.29, 0.717) is 12.2 Å². The van der Waals surface area contributed by atoms with Crippen LogP contribution in [0.5, 0.6) is 0 Å². The molecule has 0 spiro atoms. The van der Waals surface area contributed by atoms with Crippen LogP contribution in [-0.4, -0.2) is 28.1 Å². The third-order valence-electron chi connectivity index (χ3n) is 2.51. The van der Waals surface area contributed by atoms with E-state index in [1.807, 2.05) is 6.92 Å². The van der Waals surface area contributed by atoms with Gasteiger partial charge in [0.1, 0.15) is 6.54 Å². The molecule has 1 atom stereocenters. The number of hydrogen-bond acceptors (Lipinski definition) is 4. The standard InChI is InChI=1S/C11H19N5O2/c1-8(3-2-4-12)11(18)15-9-5-14-16(6-9)7-10(13)17/h5-6,8H,2-4,7,12H2,1H3,(H2,13,17)(H,15,18). The number of nitrogens with zero attached hydrogens (tertiary/aromatic N) is 2. The summed E-state index contributed by atoms with van der Waals surface area (Å²) in [5.74, 6) is -0.664. The number of amides is 2. The van der Waals surface area contributed by atoms with Crippen LogP contribution >= 0.6 is 0 Å². The largest absolute Gasteiger partial charge is 0.368 e. The summed E-state index contributed by atoms with van der Waals surface area (Å²) in [6.45, 7) is 2.42. The molecule has 0 aliphatic carbocycles. The number of primary amides is 1. The Morgan fingerprint density at radius 2 is 2.28 bits per heavy atom. The van der Waals surface area contributed by atoms with Gasteiger partial charge in [0.25, 0.3) is 0 Å². The molecule has 18 heavy (non-hydrogen) atoms. The number of nitrogens with two attached hydrogens (primary N) is 2. The number of carbonyl (C=O) groups is 2. The highest BCUT2D eigenvalue weighted by Gasteiger charge is 2.13. The number of carbonyl (C=O) groups excluding carboxylic acids is 2. The molecule has 0 saturated heterocycles. The minimum atomic E-state index is -0.479. The van der Waals surface area contributed by atoms with Gasteiger partial charge < -0.3 is 16.8 Å². The lowest BCUT2D eigenvalue weighted by molar-refractivity contribution is -0.120. The van der Waals surface area contributed by atoms with Crippen molar-refractivity contribution in [2.24, 2.45) is 17.4 Å². The maximum absolute atomic E-state index is 11.8. The van der Waals surface area contributed by atoms with Crippen LogP contribution < -0.4 is 16.8 Å². The van der Waals surface area contributed by atoms with Crippen molar-refractivity contribution < 1.29 is 9.59 Å². The minimum absolute atomic E-state index is 0.00139. The summed E-state index contributed by atoms with van der Waals surface area (Å²) in [5, 5.41) is 6.64. The molecule has 0 aliphatic rings. The van der Waals surface area contributed by atoms with E-state index >= 15 is 0 Å². The van der Waals surface area contributed by atoms with Gasteiger partial charge in [-0.1, -0.05) is 6.92 Å². The predicted molar refractivity (Wildman–Crippen MR) is 67.5 cm³/mol. The second-order valence-electron chi connectivity index (χ2n) is 4.21. The molecule has 2 amide bonds. The van der Waals surface area contributed by atoms with Crippen molar-refractivity contribution in [1.82, 2.24) is 9.78 Å². The van der Waals surface area contributed by atoms with Crippen LogP contribution in [0.15, 0.2) is 12.4 Å². The third kappa shape index (κ3) is 4.54. The molecule has 7 nitrogen and oxygen atoms in total. The van der Waals surface area contributed by atoms with Crippen LogP contribution in [0.2, 0.25) is 0 Å². The minimum Gasteiger partial charge on any atom is -0.368 e. The predicted octanol–water partition coefficient (Wildman–Crippen LogP) is -0.318. The molecule has 1 heterocycles. The lowest BCUT2D eigenvalue weighted by atomic mass is 10.1. The average molecular weight is 253 g/mol. The van der Waals surface area contributed by atoms with E-state index in [1.165, 1.54) is 10.9 Å². The maximum Gasteiger partial charge on any atom is 0.239 e. The monoisotopic (exact) mass is 253 g/mol. The Kier molecular flexibility index (Phi) is 5.31. The zero-order chi connectivity index (χ0) is 13.5. The first-order valence-electron chi connectivity index (χ1n) is 5.84. The summed E-state index contributed by atoms with van der Waals surface area (Å²) < 4.78 is 1.38. The van der Waals surface area contributed by atoms with Crippen molar-refractivity contribution in [1.29, 1.82) is 0 Å². The van der Waals surface area contributed by atoms with Gasteiger partial charge in [-0.05, 0) is 19.4 Å². The molecule has 100 valence electrons. The van der Waals surface area contributed by atoms with E-state index in [-0.39, 0.29) is 18.4 Å². The number of anilines is 1. The molecule has 1 unspecified atom stereocenters. The van der Waals surface area contributed by atoms with E-state index in [1.54, 1.807) is 6.20 Å². The highest BCUT2D eigenvalue weighted by molar-refractivity contribution is 5.92. The summed E-state index contributed by atoms with van der Waals surface area (Å²) in [6.07, 6.45) is 4.61. The summed E-state index contributed by atoms with van der Waals surface area (Å²) >= 11 is 0. The molecule has 7 heteroatoms. The van der Waals surface area contributed by atoms with Gasteiger partial charge in [0.15, 0.2) is 0 Å². The molecule has 0 aromatic carbocycles. The van der Waals surface area contributed by atoms with Gasteiger partial charge in [-0.2, -0.15) is 5.10 Å². The lowest BCUT2D eigenvalue weighted by Gasteiger charge is -2.09. The van der Waals surface area contributed by atoms with Crippen molar-refractivity contribution in [2.45, 2.75) is 26.3 Å². The number of hydrogen-bond donors (Lipinski definition) is 3. The second-order valence-corrected chi connectivity index (χ2v) is 4.21. The van der Waals surface area contributed by atoms with Crippen molar-refractivity contribution in [3.05, 3.63) is 12.4 Å². The van der Waals surface area contributed by atoms with E-state index in [0.717, 1.165) is 12.8 Å². The van der Waals surface area contributed by atoms with Crippen LogP contribution in [-0.2, 0) is 16.1 Å². The highest BCUT2D eigenvalue weighted by atomic mass is 16.2. The SMILES string of the molecule is CC(CCCN)C(=O)Nc1cnn(CC(N)=O)c1. The van der Waals surface area contributed by atoms with Crippen LogP contribution in [0.3, 0.4) is 0 Å². The van der Waals surface area contributed by atoms with Gasteiger partial charge >= 0.3 is 0 Å². The van der Waals surface area contributed by atoms with Crippen molar-refractivity contribution in [3.8, 4) is 0 Å². The van der Waals surface area contributed by atoms with Crippen molar-refractivity contribution in [3.63, 3.8) is 0 Å². The number of nitrogens with one attached hydrogen (secondary N) is 1. The quantitative estimate of drug-likeness (QED) is 0.617. The Labute approximate surface area is 106 Å². The Hall–Kier alpha value is -1.89. The van der Waals surface area contributed by atoms with E-state index < -0.39 is 5.91 Å². The van der Waals surface area contributed by atoms with Crippen molar-refractivity contribution in [2.75, 3.05) is 11.9 Å². The molecule has 1 rings (SSSR count). The normalized spacial score (nSPS) is 12.1. The van der Waals surface area contributed by atoms with Crippen LogP contribution in [0.25, 0.3) is 0 Å². The molecule has 1 aromatic heterocycles. The third-order valence-corrected chi connectivity index (χ3v) is 2.51. The Morgan fingerprint density at radius 1 is 1.56 bits per heavy atom. The molecule has 0 bridgehead atoms. The zero-order valence-electron chi connectivity index (χ0n) is 10.4. The van der Waals surface area contributed by atoms with Gasteiger partial charge in [-0.15, -0.1) is 0 Å². The first kappa shape index (κ1) is 14.2. The van der Waals surface area contributed by atoms with Crippen molar-refractivity contribution >= 4 is 17.5 Å². The summed E-state index contributed by atoms with van der Waals surface area (Å²) in [4.78, 5) is 22.5. The van der Waals surface area contributed by atoms with E-state index in [4.69, 9.17) is 11.5 Å². The average Bonchev–Trinajstić information content (AvgIpc) is 2.72. The molecular formula is C11H19N5O2. The van der Waals surface area contributed by atoms with E-state index in [2.05, 4.69) is 10.4 Å². The Bertz CT molecular complexity index is 415. The smallest absolute Gasteiger partial charge is 0.239 e. The molecule has 0 aliphatic heterocycles. The Balaban J connectivity index is 2.48. The molecule has 1 aromatic rings. The van der Waals surface area contributed by atoms with Gasteiger partial charge in [-0.3, -0.25) is 14.3 Å². The first-order valence-corrected chi connectivity index (χ1v) is 5.84. The van der Waals surface area contributed by atoms with Gasteiger partial charge in [0.05, 0.1) is 11.9 Å². The van der Waals surface area contributed by atoms with Gasteiger partial charge in [0.2, 0.25) is 11.8 Å². The maximum atomic E-state index is 11.8. The zero-order valence-corrected chi connectivity index (χ0v) is 10.4. The molecule has 0 saturated carbocycles. The van der Waals surface area contributed by atoms with E-state index in [9.17, 15) is 9.59 Å². The van der Waals surface area contributed by atoms with Crippen LogP contribution in [0.4, 0.5) is 5.69 Å². The summed E-state index contributed by atoms with van der Waals surface area (Å²) in [5.41, 5.74) is 11.0. The van der Waals surface area contributed by atoms with Gasteiger partial charge in [-0.25, -0.2) is 0 Å². The first-order chi connectivity index (χ1) is 8.52. The lowest BCUT2D eigenvalue weighted by Crippen LogP contribution is -2.21. The summed E-state index contributed by atoms with van der Waals surface area (Å²) in [6, 6.07) is 0. The topological polar surface area (TPSA) is 116 Å². The Morgan fingerprint density at radius 3 is 2.89 bits per heavy atom. The molecule has 0 fully saturated rings. The highest BCUT2D eigenvalue weighted by Crippen LogP contribution is 2.10. The summed E-state index contributed by atoms with van der Waals surface area (Å²) in [7, 11) is 0. The van der Waals surface area contributed by atoms with Crippen LogP contribution in [0, 0.1) is 5.92 Å². The fourth-order valence-electron chi connectivity index (χ4n) is 1.49. The second kappa shape index (κ2) is 6.75. The molecule has 0 radical (unpaired) electrons. The fourth-order valence-corrected chi connectivity index (χ4v) is 1.49. The fraction of sp³-hybridized carbons (Fsp3) is 0.545. The molecular weight excluding hydrogens is 234 g/mol. The number of rotatable bonds is 7.